The minimum atomic E-state index is 0.232. The number of benzene rings is 1. The van der Waals surface area contributed by atoms with Crippen LogP contribution in [-0.4, -0.2) is 16.7 Å². The van der Waals surface area contributed by atoms with E-state index in [9.17, 15) is 0 Å². The summed E-state index contributed by atoms with van der Waals surface area (Å²) in [6.07, 6.45) is 3.09. The quantitative estimate of drug-likeness (QED) is 0.886. The summed E-state index contributed by atoms with van der Waals surface area (Å²) in [5, 5.41) is 4.51. The van der Waals surface area contributed by atoms with Crippen molar-refractivity contribution in [2.24, 2.45) is 5.73 Å². The maximum atomic E-state index is 6.16. The SMILES string of the molecule is NCCc1ccc(OCc2nc(C3CC3)no2)c(Cl)c1. The summed E-state index contributed by atoms with van der Waals surface area (Å²) < 4.78 is 10.8. The molecule has 0 saturated heterocycles. The van der Waals surface area contributed by atoms with E-state index in [1.165, 1.54) is 0 Å². The van der Waals surface area contributed by atoms with E-state index in [0.717, 1.165) is 30.7 Å². The van der Waals surface area contributed by atoms with Crippen LogP contribution in [0.15, 0.2) is 22.7 Å². The Labute approximate surface area is 122 Å². The summed E-state index contributed by atoms with van der Waals surface area (Å²) >= 11 is 6.16. The summed E-state index contributed by atoms with van der Waals surface area (Å²) in [5.74, 6) is 2.35. The smallest absolute Gasteiger partial charge is 0.264 e. The second kappa shape index (κ2) is 5.81. The van der Waals surface area contributed by atoms with E-state index in [0.29, 0.717) is 29.1 Å². The summed E-state index contributed by atoms with van der Waals surface area (Å²) in [6.45, 7) is 0.831. The van der Waals surface area contributed by atoms with Gasteiger partial charge >= 0.3 is 0 Å². The topological polar surface area (TPSA) is 74.2 Å². The van der Waals surface area contributed by atoms with Gasteiger partial charge in [0.15, 0.2) is 12.4 Å². The van der Waals surface area contributed by atoms with E-state index in [2.05, 4.69) is 10.1 Å². The second-order valence-electron chi connectivity index (χ2n) is 4.91. The molecule has 1 aliphatic carbocycles. The largest absolute Gasteiger partial charge is 0.482 e. The van der Waals surface area contributed by atoms with Gasteiger partial charge in [0.05, 0.1) is 5.02 Å². The molecule has 0 atom stereocenters. The molecule has 1 fully saturated rings. The fraction of sp³-hybridized carbons (Fsp3) is 0.429. The van der Waals surface area contributed by atoms with Crippen LogP contribution in [0.5, 0.6) is 5.75 Å². The molecule has 0 bridgehead atoms. The maximum Gasteiger partial charge on any atom is 0.264 e. The van der Waals surface area contributed by atoms with Gasteiger partial charge < -0.3 is 15.0 Å². The van der Waals surface area contributed by atoms with Crippen molar-refractivity contribution >= 4 is 11.6 Å². The molecule has 2 aromatic rings. The molecule has 0 radical (unpaired) electrons. The second-order valence-corrected chi connectivity index (χ2v) is 5.32. The zero-order valence-corrected chi connectivity index (χ0v) is 11.8. The van der Waals surface area contributed by atoms with E-state index >= 15 is 0 Å². The highest BCUT2D eigenvalue weighted by atomic mass is 35.5. The summed E-state index contributed by atoms with van der Waals surface area (Å²) in [7, 11) is 0. The third-order valence-corrected chi connectivity index (χ3v) is 3.50. The number of rotatable bonds is 6. The summed E-state index contributed by atoms with van der Waals surface area (Å²) in [6, 6.07) is 5.66. The lowest BCUT2D eigenvalue weighted by Crippen LogP contribution is -2.03. The van der Waals surface area contributed by atoms with Crippen molar-refractivity contribution < 1.29 is 9.26 Å². The lowest BCUT2D eigenvalue weighted by Gasteiger charge is -2.07. The number of nitrogens with two attached hydrogens (primary N) is 1. The van der Waals surface area contributed by atoms with E-state index in [1.807, 2.05) is 18.2 Å². The highest BCUT2D eigenvalue weighted by Crippen LogP contribution is 2.38. The van der Waals surface area contributed by atoms with Gasteiger partial charge in [-0.25, -0.2) is 0 Å². The van der Waals surface area contributed by atoms with Crippen LogP contribution >= 0.6 is 11.6 Å². The number of nitrogens with zero attached hydrogens (tertiary/aromatic N) is 2. The number of aromatic nitrogens is 2. The first-order chi connectivity index (χ1) is 9.76. The van der Waals surface area contributed by atoms with Crippen LogP contribution in [0.3, 0.4) is 0 Å². The minimum absolute atomic E-state index is 0.232. The van der Waals surface area contributed by atoms with Crippen LogP contribution in [0.4, 0.5) is 0 Å². The Morgan fingerprint density at radius 3 is 2.95 bits per heavy atom. The molecule has 5 nitrogen and oxygen atoms in total. The fourth-order valence-electron chi connectivity index (χ4n) is 1.96. The number of ether oxygens (including phenoxy) is 1. The van der Waals surface area contributed by atoms with Gasteiger partial charge in [-0.3, -0.25) is 0 Å². The Morgan fingerprint density at radius 1 is 1.40 bits per heavy atom. The molecule has 0 amide bonds. The molecule has 0 aliphatic heterocycles. The highest BCUT2D eigenvalue weighted by Gasteiger charge is 2.28. The van der Waals surface area contributed by atoms with Crippen molar-refractivity contribution in [1.29, 1.82) is 0 Å². The summed E-state index contributed by atoms with van der Waals surface area (Å²) in [5.41, 5.74) is 6.61. The molecule has 20 heavy (non-hydrogen) atoms. The zero-order chi connectivity index (χ0) is 13.9. The lowest BCUT2D eigenvalue weighted by atomic mass is 10.1. The van der Waals surface area contributed by atoms with Crippen molar-refractivity contribution in [1.82, 2.24) is 10.1 Å². The molecule has 2 N–H and O–H groups in total. The molecule has 1 aliphatic rings. The Kier molecular flexibility index (Phi) is 3.89. The molecular weight excluding hydrogens is 278 g/mol. The third kappa shape index (κ3) is 3.11. The molecule has 0 unspecified atom stereocenters. The van der Waals surface area contributed by atoms with Gasteiger partial charge in [0.1, 0.15) is 5.75 Å². The van der Waals surface area contributed by atoms with Gasteiger partial charge in [-0.1, -0.05) is 22.8 Å². The maximum absolute atomic E-state index is 6.16. The molecule has 106 valence electrons. The van der Waals surface area contributed by atoms with Crippen LogP contribution in [0.25, 0.3) is 0 Å². The molecule has 1 aromatic carbocycles. The third-order valence-electron chi connectivity index (χ3n) is 3.21. The van der Waals surface area contributed by atoms with Gasteiger partial charge in [-0.05, 0) is 43.5 Å². The first-order valence-corrected chi connectivity index (χ1v) is 7.08. The summed E-state index contributed by atoms with van der Waals surface area (Å²) in [4.78, 5) is 4.30. The van der Waals surface area contributed by atoms with Crippen molar-refractivity contribution in [2.75, 3.05) is 6.54 Å². The Morgan fingerprint density at radius 2 is 2.25 bits per heavy atom. The van der Waals surface area contributed by atoms with Crippen LogP contribution in [0, 0.1) is 0 Å². The van der Waals surface area contributed by atoms with Crippen LogP contribution in [-0.2, 0) is 13.0 Å². The standard InChI is InChI=1S/C14H16ClN3O2/c15-11-7-9(5-6-16)1-4-12(11)19-8-13-17-14(18-20-13)10-2-3-10/h1,4,7,10H,2-3,5-6,8,16H2. The number of hydrogen-bond donors (Lipinski definition) is 1. The monoisotopic (exact) mass is 293 g/mol. The molecule has 1 heterocycles. The van der Waals surface area contributed by atoms with Crippen LogP contribution < -0.4 is 10.5 Å². The highest BCUT2D eigenvalue weighted by molar-refractivity contribution is 6.32. The predicted octanol–water partition coefficient (Wildman–Crippen LogP) is 2.68. The average Bonchev–Trinajstić information content (AvgIpc) is 3.18. The number of halogens is 1. The van der Waals surface area contributed by atoms with Crippen molar-refractivity contribution in [2.45, 2.75) is 31.8 Å². The Balaban J connectivity index is 1.61. The first-order valence-electron chi connectivity index (χ1n) is 6.70. The predicted molar refractivity (Wildman–Crippen MR) is 74.8 cm³/mol. The van der Waals surface area contributed by atoms with Gasteiger partial charge in [0.25, 0.3) is 5.89 Å². The zero-order valence-electron chi connectivity index (χ0n) is 11.0. The molecule has 0 spiro atoms. The van der Waals surface area contributed by atoms with E-state index < -0.39 is 0 Å². The van der Waals surface area contributed by atoms with E-state index in [4.69, 9.17) is 26.6 Å². The number of hydrogen-bond acceptors (Lipinski definition) is 5. The molecule has 1 saturated carbocycles. The molecule has 1 aromatic heterocycles. The molecule has 6 heteroatoms. The van der Waals surface area contributed by atoms with Crippen LogP contribution in [0.1, 0.15) is 36.0 Å². The van der Waals surface area contributed by atoms with E-state index in [1.54, 1.807) is 0 Å². The lowest BCUT2D eigenvalue weighted by molar-refractivity contribution is 0.242. The molecule has 3 rings (SSSR count). The Hall–Kier alpha value is -1.59. The van der Waals surface area contributed by atoms with Crippen LogP contribution in [0.2, 0.25) is 5.02 Å². The average molecular weight is 294 g/mol. The van der Waals surface area contributed by atoms with Gasteiger partial charge in [-0.15, -0.1) is 0 Å². The van der Waals surface area contributed by atoms with E-state index in [-0.39, 0.29) is 6.61 Å². The minimum Gasteiger partial charge on any atom is -0.482 e. The van der Waals surface area contributed by atoms with Gasteiger partial charge in [0.2, 0.25) is 0 Å². The first kappa shape index (κ1) is 13.4. The van der Waals surface area contributed by atoms with Crippen molar-refractivity contribution in [3.05, 3.63) is 40.5 Å². The Bertz CT molecular complexity index is 596. The molecular formula is C14H16ClN3O2. The van der Waals surface area contributed by atoms with Gasteiger partial charge in [-0.2, -0.15) is 4.98 Å². The fourth-order valence-corrected chi connectivity index (χ4v) is 2.21. The van der Waals surface area contributed by atoms with Crippen molar-refractivity contribution in [3.63, 3.8) is 0 Å². The van der Waals surface area contributed by atoms with Gasteiger partial charge in [0, 0.05) is 5.92 Å². The van der Waals surface area contributed by atoms with Crippen molar-refractivity contribution in [3.8, 4) is 5.75 Å². The normalized spacial score (nSPS) is 14.5.